The standard InChI is InChI=1S/C13H19NO4S2/c1-4-12(13(15)16)19-9-10-6-5-7-11(8-10)20(17,18)14(2)3/h5-8,12H,4,9H2,1-3H3,(H,15,16). The molecule has 0 amide bonds. The summed E-state index contributed by atoms with van der Waals surface area (Å²) in [7, 11) is -0.491. The Bertz CT molecular complexity index is 569. The summed E-state index contributed by atoms with van der Waals surface area (Å²) in [6.45, 7) is 1.82. The van der Waals surface area contributed by atoms with E-state index in [1.54, 1.807) is 18.2 Å². The molecule has 0 fully saturated rings. The van der Waals surface area contributed by atoms with E-state index in [0.717, 1.165) is 9.87 Å². The van der Waals surface area contributed by atoms with E-state index in [9.17, 15) is 13.2 Å². The van der Waals surface area contributed by atoms with Crippen LogP contribution >= 0.6 is 11.8 Å². The molecule has 0 saturated carbocycles. The zero-order chi connectivity index (χ0) is 15.3. The predicted octanol–water partition coefficient (Wildman–Crippen LogP) is 2.03. The quantitative estimate of drug-likeness (QED) is 0.833. The Hall–Kier alpha value is -1.05. The fourth-order valence-corrected chi connectivity index (χ4v) is 3.49. The van der Waals surface area contributed by atoms with E-state index in [1.807, 2.05) is 6.92 Å². The summed E-state index contributed by atoms with van der Waals surface area (Å²) in [5, 5.41) is 8.52. The van der Waals surface area contributed by atoms with Crippen LogP contribution in [0, 0.1) is 0 Å². The highest BCUT2D eigenvalue weighted by atomic mass is 32.2. The van der Waals surface area contributed by atoms with Crippen LogP contribution < -0.4 is 0 Å². The Morgan fingerprint density at radius 3 is 2.55 bits per heavy atom. The molecule has 0 heterocycles. The Morgan fingerprint density at radius 2 is 2.05 bits per heavy atom. The van der Waals surface area contributed by atoms with Crippen LogP contribution in [0.5, 0.6) is 0 Å². The van der Waals surface area contributed by atoms with Crippen molar-refractivity contribution in [3.8, 4) is 0 Å². The van der Waals surface area contributed by atoms with Crippen LogP contribution in [-0.4, -0.2) is 43.1 Å². The molecule has 0 radical (unpaired) electrons. The van der Waals surface area contributed by atoms with Crippen molar-refractivity contribution in [1.82, 2.24) is 4.31 Å². The Labute approximate surface area is 124 Å². The van der Waals surface area contributed by atoms with Gasteiger partial charge in [0.25, 0.3) is 0 Å². The molecular formula is C13H19NO4S2. The molecule has 7 heteroatoms. The second-order valence-electron chi connectivity index (χ2n) is 4.48. The minimum Gasteiger partial charge on any atom is -0.480 e. The summed E-state index contributed by atoms with van der Waals surface area (Å²) >= 11 is 1.30. The molecule has 0 bridgehead atoms. The molecule has 1 aromatic rings. The van der Waals surface area contributed by atoms with Crippen LogP contribution in [-0.2, 0) is 20.6 Å². The van der Waals surface area contributed by atoms with Crippen molar-refractivity contribution in [2.45, 2.75) is 29.2 Å². The van der Waals surface area contributed by atoms with Crippen LogP contribution in [0.1, 0.15) is 18.9 Å². The minimum absolute atomic E-state index is 0.226. The number of rotatable bonds is 7. The van der Waals surface area contributed by atoms with Gasteiger partial charge in [-0.1, -0.05) is 19.1 Å². The van der Waals surface area contributed by atoms with Crippen LogP contribution in [0.4, 0.5) is 0 Å². The van der Waals surface area contributed by atoms with E-state index in [0.29, 0.717) is 12.2 Å². The van der Waals surface area contributed by atoms with Crippen LogP contribution in [0.25, 0.3) is 0 Å². The normalized spacial score (nSPS) is 13.4. The topological polar surface area (TPSA) is 74.7 Å². The molecule has 0 aromatic heterocycles. The van der Waals surface area contributed by atoms with Gasteiger partial charge in [-0.05, 0) is 24.1 Å². The van der Waals surface area contributed by atoms with Gasteiger partial charge in [0.05, 0.1) is 4.90 Å². The molecule has 1 N–H and O–H groups in total. The van der Waals surface area contributed by atoms with Gasteiger partial charge in [0.15, 0.2) is 0 Å². The molecule has 1 unspecified atom stereocenters. The SMILES string of the molecule is CCC(SCc1cccc(S(=O)(=O)N(C)C)c1)C(=O)O. The summed E-state index contributed by atoms with van der Waals surface area (Å²) in [5.41, 5.74) is 0.803. The summed E-state index contributed by atoms with van der Waals surface area (Å²) in [6.07, 6.45) is 0.537. The molecular weight excluding hydrogens is 298 g/mol. The van der Waals surface area contributed by atoms with Gasteiger partial charge in [-0.3, -0.25) is 4.79 Å². The second-order valence-corrected chi connectivity index (χ2v) is 7.82. The van der Waals surface area contributed by atoms with Gasteiger partial charge in [0.2, 0.25) is 10.0 Å². The molecule has 112 valence electrons. The number of thioether (sulfide) groups is 1. The maximum Gasteiger partial charge on any atom is 0.316 e. The van der Waals surface area contributed by atoms with Gasteiger partial charge in [-0.25, -0.2) is 12.7 Å². The monoisotopic (exact) mass is 317 g/mol. The zero-order valence-corrected chi connectivity index (χ0v) is 13.4. The summed E-state index contributed by atoms with van der Waals surface area (Å²) in [5.74, 6) is -0.365. The number of carbonyl (C=O) groups is 1. The van der Waals surface area contributed by atoms with Crippen LogP contribution in [0.2, 0.25) is 0 Å². The van der Waals surface area contributed by atoms with E-state index in [-0.39, 0.29) is 4.90 Å². The first-order valence-electron chi connectivity index (χ1n) is 6.15. The van der Waals surface area contributed by atoms with Gasteiger partial charge in [0, 0.05) is 19.8 Å². The van der Waals surface area contributed by atoms with E-state index < -0.39 is 21.2 Å². The largest absolute Gasteiger partial charge is 0.480 e. The molecule has 0 aliphatic heterocycles. The van der Waals surface area contributed by atoms with Gasteiger partial charge in [-0.15, -0.1) is 11.8 Å². The molecule has 20 heavy (non-hydrogen) atoms. The lowest BCUT2D eigenvalue weighted by atomic mass is 10.2. The van der Waals surface area contributed by atoms with Gasteiger partial charge >= 0.3 is 5.97 Å². The summed E-state index contributed by atoms with van der Waals surface area (Å²) < 4.78 is 25.2. The minimum atomic E-state index is -3.45. The second kappa shape index (κ2) is 7.10. The van der Waals surface area contributed by atoms with E-state index >= 15 is 0 Å². The van der Waals surface area contributed by atoms with Crippen molar-refractivity contribution in [3.05, 3.63) is 29.8 Å². The third kappa shape index (κ3) is 4.22. The van der Waals surface area contributed by atoms with Crippen LogP contribution in [0.3, 0.4) is 0 Å². The lowest BCUT2D eigenvalue weighted by Crippen LogP contribution is -2.22. The molecule has 0 aliphatic rings. The summed E-state index contributed by atoms with van der Waals surface area (Å²) in [6, 6.07) is 6.61. The molecule has 0 aliphatic carbocycles. The van der Waals surface area contributed by atoms with Crippen molar-refractivity contribution in [2.75, 3.05) is 14.1 Å². The van der Waals surface area contributed by atoms with Crippen LogP contribution in [0.15, 0.2) is 29.2 Å². The summed E-state index contributed by atoms with van der Waals surface area (Å²) in [4.78, 5) is 11.2. The third-order valence-electron chi connectivity index (χ3n) is 2.77. The van der Waals surface area contributed by atoms with E-state index in [4.69, 9.17) is 5.11 Å². The molecule has 1 atom stereocenters. The van der Waals surface area contributed by atoms with E-state index in [2.05, 4.69) is 0 Å². The number of carboxylic acids is 1. The molecule has 0 spiro atoms. The van der Waals surface area contributed by atoms with Gasteiger partial charge in [0.1, 0.15) is 5.25 Å². The number of aliphatic carboxylic acids is 1. The van der Waals surface area contributed by atoms with Crippen molar-refractivity contribution in [3.63, 3.8) is 0 Å². The number of nitrogens with zero attached hydrogens (tertiary/aromatic N) is 1. The predicted molar refractivity (Wildman–Crippen MR) is 80.3 cm³/mol. The molecule has 1 aromatic carbocycles. The fourth-order valence-electron chi connectivity index (χ4n) is 1.57. The molecule has 0 saturated heterocycles. The number of hydrogen-bond acceptors (Lipinski definition) is 4. The number of sulfonamides is 1. The van der Waals surface area contributed by atoms with Gasteiger partial charge < -0.3 is 5.11 Å². The average molecular weight is 317 g/mol. The Balaban J connectivity index is 2.87. The Kier molecular flexibility index (Phi) is 6.04. The molecule has 5 nitrogen and oxygen atoms in total. The van der Waals surface area contributed by atoms with Crippen molar-refractivity contribution in [1.29, 1.82) is 0 Å². The van der Waals surface area contributed by atoms with Crippen molar-refractivity contribution >= 4 is 27.8 Å². The smallest absolute Gasteiger partial charge is 0.316 e. The number of hydrogen-bond donors (Lipinski definition) is 1. The maximum absolute atomic E-state index is 12.0. The van der Waals surface area contributed by atoms with E-state index in [1.165, 1.54) is 31.9 Å². The first kappa shape index (κ1) is 17.0. The Morgan fingerprint density at radius 1 is 1.40 bits per heavy atom. The fraction of sp³-hybridized carbons (Fsp3) is 0.462. The highest BCUT2D eigenvalue weighted by Gasteiger charge is 2.18. The average Bonchev–Trinajstić information content (AvgIpc) is 2.39. The molecule has 1 rings (SSSR count). The highest BCUT2D eigenvalue weighted by molar-refractivity contribution is 7.99. The lowest BCUT2D eigenvalue weighted by Gasteiger charge is -2.13. The van der Waals surface area contributed by atoms with Crippen molar-refractivity contribution in [2.24, 2.45) is 0 Å². The van der Waals surface area contributed by atoms with Gasteiger partial charge in [-0.2, -0.15) is 0 Å². The third-order valence-corrected chi connectivity index (χ3v) is 6.02. The zero-order valence-electron chi connectivity index (χ0n) is 11.7. The van der Waals surface area contributed by atoms with Crippen molar-refractivity contribution < 1.29 is 18.3 Å². The lowest BCUT2D eigenvalue weighted by molar-refractivity contribution is -0.136. The first-order valence-corrected chi connectivity index (χ1v) is 8.63. The number of carboxylic acid groups (broad SMARTS) is 1. The maximum atomic E-state index is 12.0. The number of benzene rings is 1. The first-order chi connectivity index (χ1) is 9.28. The highest BCUT2D eigenvalue weighted by Crippen LogP contribution is 2.23.